The lowest BCUT2D eigenvalue weighted by atomic mass is 9.84. The SMILES string of the molecule is CO[C@@]1(C)O[C@@H]2[C@@H](N=[N+]=[N-])[C@@H](O[C@H]3[C@H](O)[C@@H](O)[C@H](N=[N+]=[N-])C[C@@H]3N=[N+]=[N-])O[C@H](CN=[N+]=[N-])[C@H]2O[C@]1(C)OC. The molecule has 12 atom stereocenters. The number of rotatable bonds is 9. The molecule has 0 unspecified atom stereocenters. The minimum absolute atomic E-state index is 0.155. The van der Waals surface area contributed by atoms with Crippen LogP contribution in [0.15, 0.2) is 20.5 Å². The van der Waals surface area contributed by atoms with E-state index in [1.54, 1.807) is 13.8 Å². The van der Waals surface area contributed by atoms with Gasteiger partial charge in [0.1, 0.15) is 24.4 Å². The fourth-order valence-electron chi connectivity index (χ4n) is 4.78. The first kappa shape index (κ1) is 29.5. The molecule has 0 radical (unpaired) electrons. The smallest absolute Gasteiger partial charge is 0.220 e. The van der Waals surface area contributed by atoms with E-state index in [4.69, 9.17) is 45.0 Å². The van der Waals surface area contributed by atoms with Crippen LogP contribution in [0.25, 0.3) is 41.8 Å². The summed E-state index contributed by atoms with van der Waals surface area (Å²) >= 11 is 0. The van der Waals surface area contributed by atoms with Crippen LogP contribution in [-0.2, 0) is 28.4 Å². The maximum atomic E-state index is 10.8. The second-order valence-electron chi connectivity index (χ2n) is 8.98. The van der Waals surface area contributed by atoms with Gasteiger partial charge in [-0.2, -0.15) is 0 Å². The van der Waals surface area contributed by atoms with Crippen molar-refractivity contribution in [2.24, 2.45) is 20.5 Å². The number of nitrogens with zero attached hydrogens (tertiary/aromatic N) is 12. The van der Waals surface area contributed by atoms with Crippen LogP contribution in [0.4, 0.5) is 0 Å². The Balaban J connectivity index is 2.01. The quantitative estimate of drug-likeness (QED) is 0.247. The van der Waals surface area contributed by atoms with Crippen molar-refractivity contribution in [3.63, 3.8) is 0 Å². The minimum Gasteiger partial charge on any atom is -0.390 e. The summed E-state index contributed by atoms with van der Waals surface area (Å²) in [6.45, 7) is 2.84. The third kappa shape index (κ3) is 5.39. The standard InChI is InChI=1S/C18H28N12O8/c1-17(33-3)18(2,34-4)38-15-10(26-30-22)16(35-9(6-23-27-19)14(15)37-17)36-13-8(25-29-21)5-7(24-28-20)11(31)12(13)32/h7-16,31-32H,5-6H2,1-4H3/t7-,8+,9-,10-,11+,12-,13-,14-,15-,16-,17+,18+/m1/s1. The predicted octanol–water partition coefficient (Wildman–Crippen LogP) is 2.08. The molecule has 1 aliphatic carbocycles. The number of ether oxygens (including phenoxy) is 6. The van der Waals surface area contributed by atoms with E-state index >= 15 is 0 Å². The number of methoxy groups -OCH3 is 2. The van der Waals surface area contributed by atoms with Crippen molar-refractivity contribution in [1.82, 2.24) is 0 Å². The summed E-state index contributed by atoms with van der Waals surface area (Å²) in [5.41, 5.74) is 36.0. The lowest BCUT2D eigenvalue weighted by Gasteiger charge is -2.57. The van der Waals surface area contributed by atoms with Gasteiger partial charge in [0.2, 0.25) is 11.6 Å². The number of azide groups is 4. The maximum Gasteiger partial charge on any atom is 0.220 e. The monoisotopic (exact) mass is 540 g/mol. The fraction of sp³-hybridized carbons (Fsp3) is 1.00. The third-order valence-electron chi connectivity index (χ3n) is 7.08. The van der Waals surface area contributed by atoms with Crippen LogP contribution in [-0.4, -0.2) is 104 Å². The Hall–Kier alpha value is -3.08. The first-order valence-electron chi connectivity index (χ1n) is 11.4. The molecule has 3 fully saturated rings. The van der Waals surface area contributed by atoms with Crippen molar-refractivity contribution in [2.45, 2.75) is 92.9 Å². The maximum absolute atomic E-state index is 10.8. The second kappa shape index (κ2) is 12.2. The van der Waals surface area contributed by atoms with Crippen molar-refractivity contribution >= 4 is 0 Å². The van der Waals surface area contributed by atoms with Gasteiger partial charge >= 0.3 is 0 Å². The van der Waals surface area contributed by atoms with Gasteiger partial charge in [0.15, 0.2) is 6.29 Å². The van der Waals surface area contributed by atoms with E-state index in [0.717, 1.165) is 0 Å². The van der Waals surface area contributed by atoms with Crippen LogP contribution in [0.5, 0.6) is 0 Å². The average molecular weight is 540 g/mol. The van der Waals surface area contributed by atoms with Gasteiger partial charge in [-0.3, -0.25) is 0 Å². The first-order valence-corrected chi connectivity index (χ1v) is 11.4. The molecule has 0 amide bonds. The highest BCUT2D eigenvalue weighted by Crippen LogP contribution is 2.45. The largest absolute Gasteiger partial charge is 0.390 e. The highest BCUT2D eigenvalue weighted by Gasteiger charge is 2.62. The van der Waals surface area contributed by atoms with Crippen molar-refractivity contribution in [3.8, 4) is 0 Å². The van der Waals surface area contributed by atoms with Gasteiger partial charge in [0.25, 0.3) is 0 Å². The zero-order valence-corrected chi connectivity index (χ0v) is 20.9. The van der Waals surface area contributed by atoms with E-state index in [9.17, 15) is 15.7 Å². The minimum atomic E-state index is -1.69. The van der Waals surface area contributed by atoms with Gasteiger partial charge in [-0.15, -0.1) is 0 Å². The molecule has 0 aromatic rings. The molecule has 20 heteroatoms. The van der Waals surface area contributed by atoms with Gasteiger partial charge < -0.3 is 38.6 Å². The third-order valence-corrected chi connectivity index (χ3v) is 7.08. The Kier molecular flexibility index (Phi) is 9.45. The Labute approximate surface area is 215 Å². The molecule has 0 spiro atoms. The highest BCUT2D eigenvalue weighted by atomic mass is 16.8. The number of aliphatic hydroxyl groups excluding tert-OH is 2. The van der Waals surface area contributed by atoms with Crippen LogP contribution in [0.3, 0.4) is 0 Å². The zero-order valence-electron chi connectivity index (χ0n) is 20.9. The van der Waals surface area contributed by atoms with Gasteiger partial charge in [0.05, 0.1) is 36.9 Å². The Morgan fingerprint density at radius 3 is 1.97 bits per heavy atom. The molecule has 0 bridgehead atoms. The molecule has 208 valence electrons. The molecule has 2 heterocycles. The summed E-state index contributed by atoms with van der Waals surface area (Å²) in [5.74, 6) is -2.99. The molecular weight excluding hydrogens is 512 g/mol. The van der Waals surface area contributed by atoms with Crippen molar-refractivity contribution < 1.29 is 38.6 Å². The second-order valence-corrected chi connectivity index (χ2v) is 8.98. The van der Waals surface area contributed by atoms with Crippen LogP contribution < -0.4 is 0 Å². The highest BCUT2D eigenvalue weighted by molar-refractivity contribution is 5.05. The molecule has 2 N–H and O–H groups in total. The van der Waals surface area contributed by atoms with Gasteiger partial charge in [-0.05, 0) is 42.4 Å². The Morgan fingerprint density at radius 1 is 0.842 bits per heavy atom. The topological polar surface area (TPSA) is 291 Å². The Bertz CT molecular complexity index is 1060. The lowest BCUT2D eigenvalue weighted by Crippen LogP contribution is -2.73. The summed E-state index contributed by atoms with van der Waals surface area (Å²) in [7, 11) is 2.73. The fourth-order valence-corrected chi connectivity index (χ4v) is 4.78. The molecular formula is C18H28N12O8. The number of aliphatic hydroxyl groups is 2. The zero-order chi connectivity index (χ0) is 28.1. The number of hydrogen-bond acceptors (Lipinski definition) is 12. The normalized spacial score (nSPS) is 44.3. The molecule has 20 nitrogen and oxygen atoms in total. The van der Waals surface area contributed by atoms with Crippen LogP contribution in [0, 0.1) is 0 Å². The summed E-state index contributed by atoms with van der Waals surface area (Å²) < 4.78 is 35.4. The van der Waals surface area contributed by atoms with E-state index in [1.807, 2.05) is 0 Å². The predicted molar refractivity (Wildman–Crippen MR) is 124 cm³/mol. The lowest BCUT2D eigenvalue weighted by molar-refractivity contribution is -0.471. The van der Waals surface area contributed by atoms with Gasteiger partial charge in [-0.1, -0.05) is 20.5 Å². The molecule has 1 saturated carbocycles. The molecule has 3 aliphatic rings. The summed E-state index contributed by atoms with van der Waals surface area (Å²) in [6.07, 6.45) is -9.40. The number of hydrogen-bond donors (Lipinski definition) is 2. The van der Waals surface area contributed by atoms with E-state index in [1.165, 1.54) is 14.2 Å². The van der Waals surface area contributed by atoms with E-state index in [2.05, 4.69) is 40.1 Å². The van der Waals surface area contributed by atoms with Crippen LogP contribution in [0.2, 0.25) is 0 Å². The molecule has 3 rings (SSSR count). The average Bonchev–Trinajstić information content (AvgIpc) is 2.90. The van der Waals surface area contributed by atoms with Gasteiger partial charge in [-0.25, -0.2) is 0 Å². The molecule has 38 heavy (non-hydrogen) atoms. The molecule has 2 saturated heterocycles. The molecule has 2 aliphatic heterocycles. The van der Waals surface area contributed by atoms with Crippen LogP contribution >= 0.6 is 0 Å². The van der Waals surface area contributed by atoms with Gasteiger partial charge in [0, 0.05) is 33.9 Å². The number of fused-ring (bicyclic) bond motifs is 1. The van der Waals surface area contributed by atoms with Crippen molar-refractivity contribution in [2.75, 3.05) is 20.8 Å². The van der Waals surface area contributed by atoms with Crippen molar-refractivity contribution in [1.29, 1.82) is 0 Å². The van der Waals surface area contributed by atoms with E-state index in [0.29, 0.717) is 0 Å². The van der Waals surface area contributed by atoms with Crippen molar-refractivity contribution in [3.05, 3.63) is 41.8 Å². The van der Waals surface area contributed by atoms with E-state index in [-0.39, 0.29) is 13.0 Å². The summed E-state index contributed by atoms with van der Waals surface area (Å²) in [6, 6.07) is -3.48. The summed E-state index contributed by atoms with van der Waals surface area (Å²) in [5, 5.41) is 35.7. The molecule has 0 aromatic heterocycles. The molecule has 0 aromatic carbocycles. The van der Waals surface area contributed by atoms with E-state index < -0.39 is 72.6 Å². The first-order chi connectivity index (χ1) is 18.1. The Morgan fingerprint density at radius 2 is 1.42 bits per heavy atom. The van der Waals surface area contributed by atoms with Crippen LogP contribution in [0.1, 0.15) is 20.3 Å². The summed E-state index contributed by atoms with van der Waals surface area (Å²) in [4.78, 5) is 11.0.